The van der Waals surface area contributed by atoms with E-state index in [0.717, 1.165) is 6.42 Å². The van der Waals surface area contributed by atoms with Gasteiger partial charge in [0.05, 0.1) is 11.5 Å². The van der Waals surface area contributed by atoms with Crippen LogP contribution >= 0.6 is 0 Å². The molecule has 0 bridgehead atoms. The Morgan fingerprint density at radius 2 is 1.94 bits per heavy atom. The zero-order chi connectivity index (χ0) is 12.8. The summed E-state index contributed by atoms with van der Waals surface area (Å²) in [7, 11) is 0. The molecule has 0 radical (unpaired) electrons. The molecule has 1 aromatic rings. The summed E-state index contributed by atoms with van der Waals surface area (Å²) in [6.07, 6.45) is -1.68. The highest BCUT2D eigenvalue weighted by Crippen LogP contribution is 2.20. The predicted octanol–water partition coefficient (Wildman–Crippen LogP) is 3.08. The molecule has 17 heavy (non-hydrogen) atoms. The highest BCUT2D eigenvalue weighted by Gasteiger charge is 2.13. The Bertz CT molecular complexity index is 368. The lowest BCUT2D eigenvalue weighted by Crippen LogP contribution is -2.29. The lowest BCUT2D eigenvalue weighted by molar-refractivity contribution is -0.384. The van der Waals surface area contributed by atoms with Crippen LogP contribution in [0.3, 0.4) is 0 Å². The smallest absolute Gasteiger partial charge is 0.269 e. The Kier molecular flexibility index (Phi) is 4.81. The average Bonchev–Trinajstić information content (AvgIpc) is 2.28. The second-order valence-corrected chi connectivity index (χ2v) is 3.61. The molecule has 0 spiro atoms. The van der Waals surface area contributed by atoms with Crippen molar-refractivity contribution in [2.24, 2.45) is 0 Å². The van der Waals surface area contributed by atoms with Gasteiger partial charge in [0.2, 0.25) is 0 Å². The van der Waals surface area contributed by atoms with Crippen LogP contribution in [0.5, 0.6) is 0 Å². The van der Waals surface area contributed by atoms with E-state index in [1.54, 1.807) is 0 Å². The minimum absolute atomic E-state index is 0.0396. The van der Waals surface area contributed by atoms with Crippen LogP contribution in [0.2, 0.25) is 0 Å². The number of hydrogen-bond acceptors (Lipinski definition) is 3. The van der Waals surface area contributed by atoms with E-state index in [0.29, 0.717) is 12.2 Å². The molecule has 0 aliphatic heterocycles. The van der Waals surface area contributed by atoms with Crippen LogP contribution in [0.15, 0.2) is 24.3 Å². The average molecular weight is 244 g/mol. The summed E-state index contributed by atoms with van der Waals surface area (Å²) in [5.41, 5.74) is 0.542. The van der Waals surface area contributed by atoms with Gasteiger partial charge in [0.25, 0.3) is 12.1 Å². The number of anilines is 1. The molecule has 0 fully saturated rings. The molecule has 0 aromatic heterocycles. The van der Waals surface area contributed by atoms with Crippen LogP contribution in [0.4, 0.5) is 20.2 Å². The molecule has 1 aromatic carbocycles. The molecule has 0 aliphatic rings. The third-order valence-corrected chi connectivity index (χ3v) is 2.28. The van der Waals surface area contributed by atoms with Gasteiger partial charge in [0, 0.05) is 24.4 Å². The van der Waals surface area contributed by atoms with E-state index >= 15 is 0 Å². The Morgan fingerprint density at radius 3 is 2.35 bits per heavy atom. The van der Waals surface area contributed by atoms with Crippen molar-refractivity contribution < 1.29 is 13.7 Å². The van der Waals surface area contributed by atoms with E-state index in [-0.39, 0.29) is 12.2 Å². The van der Waals surface area contributed by atoms with E-state index in [9.17, 15) is 18.9 Å². The zero-order valence-electron chi connectivity index (χ0n) is 9.47. The third kappa shape index (κ3) is 3.97. The summed E-state index contributed by atoms with van der Waals surface area (Å²) in [6, 6.07) is 5.64. The summed E-state index contributed by atoms with van der Waals surface area (Å²) >= 11 is 0. The SMILES string of the molecule is CCCN(CC(F)F)c1ccc([N+](=O)[O-])cc1. The molecule has 6 heteroatoms. The van der Waals surface area contributed by atoms with Crippen molar-refractivity contribution in [1.82, 2.24) is 0 Å². The molecule has 0 aliphatic carbocycles. The van der Waals surface area contributed by atoms with Crippen molar-refractivity contribution in [3.05, 3.63) is 34.4 Å². The van der Waals surface area contributed by atoms with E-state index in [1.807, 2.05) is 6.92 Å². The van der Waals surface area contributed by atoms with Crippen molar-refractivity contribution in [3.8, 4) is 0 Å². The third-order valence-electron chi connectivity index (χ3n) is 2.28. The van der Waals surface area contributed by atoms with Crippen molar-refractivity contribution in [2.45, 2.75) is 19.8 Å². The highest BCUT2D eigenvalue weighted by molar-refractivity contribution is 5.50. The first-order chi connectivity index (χ1) is 8.04. The van der Waals surface area contributed by atoms with Gasteiger partial charge in [-0.15, -0.1) is 0 Å². The van der Waals surface area contributed by atoms with E-state index in [1.165, 1.54) is 29.2 Å². The second-order valence-electron chi connectivity index (χ2n) is 3.61. The maximum atomic E-state index is 12.4. The van der Waals surface area contributed by atoms with Crippen LogP contribution in [0, 0.1) is 10.1 Å². The monoisotopic (exact) mass is 244 g/mol. The molecule has 0 unspecified atom stereocenters. The van der Waals surface area contributed by atoms with Crippen molar-refractivity contribution in [1.29, 1.82) is 0 Å². The largest absolute Gasteiger partial charge is 0.366 e. The first kappa shape index (κ1) is 13.3. The van der Waals surface area contributed by atoms with Crippen LogP contribution in [-0.2, 0) is 0 Å². The Balaban J connectivity index is 2.83. The van der Waals surface area contributed by atoms with Gasteiger partial charge in [-0.25, -0.2) is 8.78 Å². The maximum Gasteiger partial charge on any atom is 0.269 e. The van der Waals surface area contributed by atoms with Crippen LogP contribution in [-0.4, -0.2) is 24.4 Å². The number of nitro benzene ring substituents is 1. The standard InChI is InChI=1S/C11H14F2N2O2/c1-2-7-14(8-11(12)13)9-3-5-10(6-4-9)15(16)17/h3-6,11H,2,7-8H2,1H3. The molecule has 0 atom stereocenters. The molecular weight excluding hydrogens is 230 g/mol. The summed E-state index contributed by atoms with van der Waals surface area (Å²) in [4.78, 5) is 11.5. The normalized spacial score (nSPS) is 10.6. The van der Waals surface area contributed by atoms with Crippen molar-refractivity contribution >= 4 is 11.4 Å². The van der Waals surface area contributed by atoms with Gasteiger partial charge in [0.1, 0.15) is 0 Å². The van der Waals surface area contributed by atoms with Gasteiger partial charge in [0.15, 0.2) is 0 Å². The number of alkyl halides is 2. The summed E-state index contributed by atoms with van der Waals surface area (Å²) in [6.45, 7) is 2.04. The van der Waals surface area contributed by atoms with Crippen molar-refractivity contribution in [2.75, 3.05) is 18.0 Å². The van der Waals surface area contributed by atoms with E-state index < -0.39 is 11.3 Å². The number of halogens is 2. The van der Waals surface area contributed by atoms with Crippen LogP contribution < -0.4 is 4.90 Å². The van der Waals surface area contributed by atoms with Crippen LogP contribution in [0.1, 0.15) is 13.3 Å². The molecule has 0 amide bonds. The fourth-order valence-electron chi connectivity index (χ4n) is 1.55. The van der Waals surface area contributed by atoms with Gasteiger partial charge in [-0.05, 0) is 18.6 Å². The van der Waals surface area contributed by atoms with E-state index in [4.69, 9.17) is 0 Å². The highest BCUT2D eigenvalue weighted by atomic mass is 19.3. The maximum absolute atomic E-state index is 12.4. The minimum atomic E-state index is -2.42. The molecular formula is C11H14F2N2O2. The molecule has 0 heterocycles. The molecule has 4 nitrogen and oxygen atoms in total. The number of hydrogen-bond donors (Lipinski definition) is 0. The Hall–Kier alpha value is -1.72. The molecule has 0 saturated carbocycles. The molecule has 1 rings (SSSR count). The number of nitro groups is 1. The number of non-ortho nitro benzene ring substituents is 1. The fourth-order valence-corrected chi connectivity index (χ4v) is 1.55. The van der Waals surface area contributed by atoms with Crippen LogP contribution in [0.25, 0.3) is 0 Å². The predicted molar refractivity (Wildman–Crippen MR) is 61.6 cm³/mol. The van der Waals surface area contributed by atoms with Gasteiger partial charge < -0.3 is 4.90 Å². The lowest BCUT2D eigenvalue weighted by Gasteiger charge is -2.23. The zero-order valence-corrected chi connectivity index (χ0v) is 9.47. The topological polar surface area (TPSA) is 46.4 Å². The molecule has 0 saturated heterocycles. The first-order valence-corrected chi connectivity index (χ1v) is 5.32. The fraction of sp³-hybridized carbons (Fsp3) is 0.455. The number of nitrogens with zero attached hydrogens (tertiary/aromatic N) is 2. The Morgan fingerprint density at radius 1 is 1.35 bits per heavy atom. The van der Waals surface area contributed by atoms with Gasteiger partial charge in [-0.3, -0.25) is 10.1 Å². The number of benzene rings is 1. The number of rotatable bonds is 6. The minimum Gasteiger partial charge on any atom is -0.366 e. The van der Waals surface area contributed by atoms with E-state index in [2.05, 4.69) is 0 Å². The summed E-state index contributed by atoms with van der Waals surface area (Å²) in [5, 5.41) is 10.5. The molecule has 94 valence electrons. The first-order valence-electron chi connectivity index (χ1n) is 5.32. The second kappa shape index (κ2) is 6.12. The summed E-state index contributed by atoms with van der Waals surface area (Å²) in [5.74, 6) is 0. The lowest BCUT2D eigenvalue weighted by atomic mass is 10.2. The molecule has 0 N–H and O–H groups in total. The Labute approximate surface area is 98.0 Å². The van der Waals surface area contributed by atoms with Crippen molar-refractivity contribution in [3.63, 3.8) is 0 Å². The van der Waals surface area contributed by atoms with Gasteiger partial charge >= 0.3 is 0 Å². The van der Waals surface area contributed by atoms with Gasteiger partial charge in [-0.1, -0.05) is 6.92 Å². The van der Waals surface area contributed by atoms with Gasteiger partial charge in [-0.2, -0.15) is 0 Å². The quantitative estimate of drug-likeness (QED) is 0.570. The summed E-state index contributed by atoms with van der Waals surface area (Å²) < 4.78 is 24.7.